The summed E-state index contributed by atoms with van der Waals surface area (Å²) in [6.45, 7) is 15.5. The van der Waals surface area contributed by atoms with Crippen molar-refractivity contribution in [3.63, 3.8) is 0 Å². The molecule has 36 nitrogen and oxygen atoms in total. The molecule has 2 aliphatic rings. The number of Topliss-reactive ketones (excluding diaryl/α,β-unsaturated/α-hetero) is 4. The number of ether oxygens (including phenoxy) is 2. The number of hydrogen-bond donors (Lipinski definition) is 9. The lowest BCUT2D eigenvalue weighted by Crippen LogP contribution is -2.44. The number of alkyl halides is 2. The molecule has 724 valence electrons. The van der Waals surface area contributed by atoms with Crippen LogP contribution in [0.2, 0.25) is 0 Å². The molecule has 4 atom stereocenters. The minimum absolute atomic E-state index is 0. The summed E-state index contributed by atoms with van der Waals surface area (Å²) in [4.78, 5) is 145. The number of nitrogen functional groups attached to an aromatic ring is 2. The molecule has 14 aromatic rings. The van der Waals surface area contributed by atoms with E-state index in [2.05, 4.69) is 114 Å². The lowest BCUT2D eigenvalue weighted by Gasteiger charge is -2.23. The lowest BCUT2D eigenvalue weighted by atomic mass is 10.1. The molecule has 4 aromatic carbocycles. The summed E-state index contributed by atoms with van der Waals surface area (Å²) in [5.41, 5.74) is 17.0. The quantitative estimate of drug-likeness (QED) is 0.0100. The van der Waals surface area contributed by atoms with Gasteiger partial charge in [-0.15, -0.1) is 12.4 Å². The third-order valence-corrected chi connectivity index (χ3v) is 20.1. The van der Waals surface area contributed by atoms with Gasteiger partial charge in [0.15, 0.2) is 23.1 Å². The van der Waals surface area contributed by atoms with Crippen LogP contribution < -0.4 is 43.4 Å². The van der Waals surface area contributed by atoms with E-state index in [4.69, 9.17) is 26.0 Å². The van der Waals surface area contributed by atoms with E-state index in [1.807, 2.05) is 0 Å². The molecule has 0 saturated carbocycles. The van der Waals surface area contributed by atoms with Crippen molar-refractivity contribution in [2.75, 3.05) is 51.1 Å². The van der Waals surface area contributed by atoms with Crippen molar-refractivity contribution in [1.29, 1.82) is 0 Å². The fraction of sp³-hybridized carbons (Fsp3) is 0.269. The number of amides is 3. The van der Waals surface area contributed by atoms with E-state index >= 15 is 0 Å². The van der Waals surface area contributed by atoms with E-state index in [0.717, 1.165) is 24.8 Å². The maximum absolute atomic E-state index is 14.4. The number of nitrogens with two attached hydrogens (primary N) is 2. The van der Waals surface area contributed by atoms with Crippen LogP contribution in [0.15, 0.2) is 192 Å². The fourth-order valence-electron chi connectivity index (χ4n) is 13.8. The number of likely N-dealkylation sites (tertiary alicyclic amines) is 1. The van der Waals surface area contributed by atoms with Gasteiger partial charge in [-0.2, -0.15) is 20.4 Å². The summed E-state index contributed by atoms with van der Waals surface area (Å²) in [5.74, 6) is -5.31. The minimum atomic E-state index is -1.37. The van der Waals surface area contributed by atoms with Crippen molar-refractivity contribution in [2.45, 2.75) is 151 Å². The zero-order valence-corrected chi connectivity index (χ0v) is 78.9. The maximum Gasteiger partial charge on any atom is 0.328 e. The summed E-state index contributed by atoms with van der Waals surface area (Å²) in [6.07, 6.45) is 7.97. The predicted molar refractivity (Wildman–Crippen MR) is 515 cm³/mol. The number of carboxylic acid groups (broad SMARTS) is 1. The van der Waals surface area contributed by atoms with E-state index in [1.165, 1.54) is 100 Å². The highest BCUT2D eigenvalue weighted by Crippen LogP contribution is 2.33. The third kappa shape index (κ3) is 30.2. The number of fused-ring (bicyclic) bond motifs is 4. The Labute approximate surface area is 807 Å². The molecular weight excluding hydrogens is 1960 g/mol. The van der Waals surface area contributed by atoms with Gasteiger partial charge in [0.05, 0.1) is 101 Å². The monoisotopic (exact) mass is 2050 g/mol. The molecule has 0 unspecified atom stereocenters. The Bertz CT molecular complexity index is 6840. The maximum atomic E-state index is 14.4. The Morgan fingerprint density at radius 3 is 1.15 bits per heavy atom. The average Bonchev–Trinajstić information content (AvgIpc) is 1.63. The first-order valence-electron chi connectivity index (χ1n) is 41.5. The number of anilines is 10. The molecular formula is C93H96Br2ClF6N23O13. The van der Waals surface area contributed by atoms with Crippen LogP contribution >= 0.6 is 44.3 Å². The van der Waals surface area contributed by atoms with Gasteiger partial charge in [0.1, 0.15) is 123 Å². The van der Waals surface area contributed by atoms with Crippen molar-refractivity contribution in [1.82, 2.24) is 79.2 Å². The summed E-state index contributed by atoms with van der Waals surface area (Å²) in [5, 5.41) is 45.2. The number of nitrogens with zero attached hydrogens (tertiary/aromatic N) is 15. The number of rotatable bonds is 22. The second kappa shape index (κ2) is 47.4. The average molecular weight is 2050 g/mol. The van der Waals surface area contributed by atoms with Crippen LogP contribution in [0, 0.1) is 23.3 Å². The molecule has 0 aliphatic carbocycles. The Morgan fingerprint density at radius 2 is 0.812 bits per heavy atom. The van der Waals surface area contributed by atoms with Crippen LogP contribution in [0.3, 0.4) is 0 Å². The van der Waals surface area contributed by atoms with Gasteiger partial charge in [0.2, 0.25) is 17.7 Å². The van der Waals surface area contributed by atoms with E-state index in [0.29, 0.717) is 110 Å². The second-order valence-corrected chi connectivity index (χ2v) is 34.3. The number of aromatic nitrogens is 14. The molecule has 2 fully saturated rings. The molecule has 3 amide bonds. The zero-order valence-electron chi connectivity index (χ0n) is 74.9. The number of ketones is 4. The van der Waals surface area contributed by atoms with Crippen LogP contribution in [-0.2, 0) is 64.4 Å². The van der Waals surface area contributed by atoms with Gasteiger partial charge < -0.3 is 62.8 Å². The molecule has 16 rings (SSSR count). The number of hydrogen-bond acceptors (Lipinski definition) is 28. The molecule has 2 saturated heterocycles. The molecule has 12 heterocycles. The van der Waals surface area contributed by atoms with Gasteiger partial charge in [-0.1, -0.05) is 19.6 Å². The highest BCUT2D eigenvalue weighted by Gasteiger charge is 2.41. The molecule has 10 aromatic heterocycles. The number of aliphatic carboxylic acids is 1. The summed E-state index contributed by atoms with van der Waals surface area (Å²) >= 11 is 6.44. The first-order valence-corrected chi connectivity index (χ1v) is 43.1. The highest BCUT2D eigenvalue weighted by molar-refractivity contribution is 9.10. The lowest BCUT2D eigenvalue weighted by molar-refractivity contribution is -0.156. The van der Waals surface area contributed by atoms with Crippen LogP contribution in [0.4, 0.5) is 83.5 Å². The fourth-order valence-corrected chi connectivity index (χ4v) is 14.5. The number of esters is 2. The number of nitrogens with one attached hydrogen (secondary N) is 6. The largest absolute Gasteiger partial charge is 0.480 e. The van der Waals surface area contributed by atoms with Crippen molar-refractivity contribution < 1.29 is 88.9 Å². The van der Waals surface area contributed by atoms with E-state index in [9.17, 15) is 74.3 Å². The number of halogens is 9. The number of carboxylic acids is 1. The molecule has 0 radical (unpaired) electrons. The van der Waals surface area contributed by atoms with Gasteiger partial charge in [0, 0.05) is 116 Å². The Hall–Kier alpha value is -15.1. The normalized spacial score (nSPS) is 14.1. The van der Waals surface area contributed by atoms with Crippen molar-refractivity contribution in [3.05, 3.63) is 238 Å². The van der Waals surface area contributed by atoms with Crippen LogP contribution in [0.5, 0.6) is 0 Å². The van der Waals surface area contributed by atoms with Crippen molar-refractivity contribution in [3.8, 4) is 0 Å². The Balaban J connectivity index is 0.000000193. The molecule has 2 aliphatic heterocycles. The van der Waals surface area contributed by atoms with Crippen molar-refractivity contribution >= 4 is 204 Å². The summed E-state index contributed by atoms with van der Waals surface area (Å²) in [7, 11) is 0. The predicted octanol–water partition coefficient (Wildman–Crippen LogP) is 16.2. The van der Waals surface area contributed by atoms with E-state index in [1.54, 1.807) is 151 Å². The highest BCUT2D eigenvalue weighted by atomic mass is 79.9. The molecule has 11 N–H and O–H groups in total. The first-order chi connectivity index (χ1) is 64.3. The van der Waals surface area contributed by atoms with Crippen LogP contribution in [0.25, 0.3) is 43.6 Å². The Morgan fingerprint density at radius 1 is 0.449 bits per heavy atom. The third-order valence-electron chi connectivity index (χ3n) is 19.2. The van der Waals surface area contributed by atoms with Gasteiger partial charge >= 0.3 is 17.9 Å². The summed E-state index contributed by atoms with van der Waals surface area (Å²) < 4.78 is 96.7. The van der Waals surface area contributed by atoms with E-state index in [-0.39, 0.29) is 124 Å². The molecule has 138 heavy (non-hydrogen) atoms. The smallest absolute Gasteiger partial charge is 0.328 e. The first kappa shape index (κ1) is 107. The minimum Gasteiger partial charge on any atom is -0.480 e. The number of pyridine rings is 6. The number of benzene rings is 4. The van der Waals surface area contributed by atoms with Crippen LogP contribution in [-0.4, -0.2) is 187 Å². The second-order valence-electron chi connectivity index (χ2n) is 32.6. The van der Waals surface area contributed by atoms with Gasteiger partial charge in [-0.25, -0.2) is 36.3 Å². The van der Waals surface area contributed by atoms with Gasteiger partial charge in [0.25, 0.3) is 0 Å². The molecule has 45 heteroatoms. The van der Waals surface area contributed by atoms with Crippen LogP contribution in [0.1, 0.15) is 131 Å². The SMILES string of the molecule is C.CC(=O)c1nn(CC(=O)N2C[C@H](F)C[C@H]2C(=O)Nc2cccc(Br)n2)c2ccc(Nc3cncc(F)c3)cc12.CC(=O)c1nn(CC(=O)O)c2ccc(Nc3cncc(F)c3)cc12.CC(=O)c1nn(CC(=O)OC(C)(C)C)c2ccc(N)cc12.CC(=O)c1nn(CC(=O)OC(C)(C)C)c2ccc(Nc3cncc(F)c3)cc12.Cl.Nc1cncc(F)c1.O=C(Nc1cccc(Br)n1)[C@@H]1C[C@@H](F)CN1. The Kier molecular flexibility index (Phi) is 36.6. The van der Waals surface area contributed by atoms with Gasteiger partial charge in [-0.3, -0.25) is 86.6 Å². The van der Waals surface area contributed by atoms with E-state index < -0.39 is 88.6 Å². The summed E-state index contributed by atoms with van der Waals surface area (Å²) in [6, 6.07) is 34.2. The molecule has 0 spiro atoms. The zero-order chi connectivity index (χ0) is 98.7. The number of carbonyl (C=O) groups excluding carboxylic acids is 9. The van der Waals surface area contributed by atoms with Crippen molar-refractivity contribution in [2.24, 2.45) is 0 Å². The standard InChI is InChI=1S/C26H22BrF2N7O3.C20H21FN4O3.C16H13FN4O3.C15H19N3O3.C10H11BrFN3O.C5H5FN2.CH4.ClH/c1-14(37)25-19-9-17(31-18-7-15(28)10-30-11-18)5-6-20(19)36(34-25)13-24(38)35-12-16(29)8-21(35)26(39)33-23-4-2-3-22(27)32-23;1-12(26)19-16-8-14(23-15-7-13(21)9-22-10-15)5-6-17(16)25(24-19)11-18(27)28-20(2,3)4;1-9(22)16-13-5-11(19-12-4-10(17)6-18-7-12)2-3-14(13)21(20-16)8-15(23)24;1-9(19)14-11-7-10(16)5-6-12(11)18(17-14)8-13(20)21-15(2,3)4;11-8-2-1-3-9(14-8)15-10(16)7-4-6(12)5-13-7;6-4-1-5(7)3-8-2-4;;/h2-7,9-11,16,21,31H,8,12-13H2,1H3,(H,32,33,39);5-10,23H,11H2,1-4H3;2-7,19H,8H2,1H3,(H,23,24);5-7H,8,16H2,1-4H3;1-3,6-7,13H,4-5H2,(H,14,15,16);1-3H,7H2;1H4;1H/t16-,21+;;;;6-,7+;;;/m1...1.../s1. The van der Waals surface area contributed by atoms with Gasteiger partial charge in [-0.05, 0) is 177 Å². The number of carbonyl (C=O) groups is 10. The molecule has 0 bridgehead atoms. The topological polar surface area (TPSA) is 485 Å².